The molecule has 6 heteroatoms. The van der Waals surface area contributed by atoms with E-state index in [9.17, 15) is 14.0 Å². The zero-order valence-electron chi connectivity index (χ0n) is 22.0. The Labute approximate surface area is 213 Å². The highest BCUT2D eigenvalue weighted by Crippen LogP contribution is 2.31. The van der Waals surface area contributed by atoms with Gasteiger partial charge in [-0.25, -0.2) is 4.39 Å². The molecule has 0 saturated carbocycles. The van der Waals surface area contributed by atoms with Crippen molar-refractivity contribution >= 4 is 23.2 Å². The Balaban J connectivity index is 1.96. The van der Waals surface area contributed by atoms with Crippen molar-refractivity contribution in [2.75, 3.05) is 24.3 Å². The molecule has 190 valence electrons. The monoisotopic (exact) mass is 489 g/mol. The maximum Gasteiger partial charge on any atom is 0.255 e. The molecule has 3 rings (SSSR count). The Morgan fingerprint density at radius 2 is 1.64 bits per heavy atom. The van der Waals surface area contributed by atoms with Crippen LogP contribution < -0.4 is 10.2 Å². The minimum Gasteiger partial charge on any atom is -0.377 e. The molecule has 0 unspecified atom stereocenters. The number of carbonyl (C=O) groups excluding carboxylic acids is 2. The van der Waals surface area contributed by atoms with E-state index in [2.05, 4.69) is 26.1 Å². The van der Waals surface area contributed by atoms with Gasteiger partial charge in [0.25, 0.3) is 5.91 Å². The molecule has 36 heavy (non-hydrogen) atoms. The highest BCUT2D eigenvalue weighted by molar-refractivity contribution is 6.04. The lowest BCUT2D eigenvalue weighted by Gasteiger charge is -2.33. The van der Waals surface area contributed by atoms with Crippen LogP contribution >= 0.6 is 0 Å². The number of nitrogens with zero attached hydrogens (tertiary/aromatic N) is 2. The molecule has 0 aliphatic carbocycles. The lowest BCUT2D eigenvalue weighted by molar-refractivity contribution is -0.136. The highest BCUT2D eigenvalue weighted by atomic mass is 19.1. The molecule has 0 saturated heterocycles. The largest absolute Gasteiger partial charge is 0.377 e. The highest BCUT2D eigenvalue weighted by Gasteiger charge is 2.27. The normalized spacial score (nSPS) is 12.1. The molecule has 1 atom stereocenters. The van der Waals surface area contributed by atoms with Gasteiger partial charge in [-0.2, -0.15) is 0 Å². The van der Waals surface area contributed by atoms with E-state index >= 15 is 0 Å². The van der Waals surface area contributed by atoms with Crippen LogP contribution in [0.4, 0.5) is 15.8 Å². The molecule has 0 bridgehead atoms. The van der Waals surface area contributed by atoms with Gasteiger partial charge in [-0.05, 0) is 59.9 Å². The molecule has 0 aliphatic rings. The Hall–Kier alpha value is -3.67. The minimum atomic E-state index is -0.464. The van der Waals surface area contributed by atoms with Gasteiger partial charge in [-0.3, -0.25) is 9.59 Å². The topological polar surface area (TPSA) is 52.7 Å². The fourth-order valence-corrected chi connectivity index (χ4v) is 4.15. The molecule has 0 radical (unpaired) electrons. The summed E-state index contributed by atoms with van der Waals surface area (Å²) in [5, 5.41) is 2.87. The van der Waals surface area contributed by atoms with Gasteiger partial charge in [0, 0.05) is 44.0 Å². The average Bonchev–Trinajstić information content (AvgIpc) is 2.81. The third-order valence-electron chi connectivity index (χ3n) is 6.00. The second-order valence-electron chi connectivity index (χ2n) is 10.5. The van der Waals surface area contributed by atoms with Gasteiger partial charge in [0.1, 0.15) is 5.82 Å². The molecule has 0 heterocycles. The van der Waals surface area contributed by atoms with E-state index in [1.165, 1.54) is 18.2 Å². The van der Waals surface area contributed by atoms with Crippen molar-refractivity contribution in [1.29, 1.82) is 0 Å². The van der Waals surface area contributed by atoms with Crippen LogP contribution in [0, 0.1) is 11.2 Å². The van der Waals surface area contributed by atoms with Crippen LogP contribution in [0.15, 0.2) is 72.8 Å². The number of benzene rings is 3. The van der Waals surface area contributed by atoms with Gasteiger partial charge >= 0.3 is 0 Å². The summed E-state index contributed by atoms with van der Waals surface area (Å²) in [6.45, 7) is 8.60. The summed E-state index contributed by atoms with van der Waals surface area (Å²) in [5.74, 6) is -0.789. The summed E-state index contributed by atoms with van der Waals surface area (Å²) in [5.41, 5.74) is 3.58. The number of halogens is 1. The molecule has 3 aromatic rings. The summed E-state index contributed by atoms with van der Waals surface area (Å²) >= 11 is 0. The standard InChI is InChI=1S/C30H36FN3O2/c1-21(22-11-8-7-9-12-22)34(28(35)19-30(2,3)4)20-24-18-26(15-16-27(24)33(5)6)32-29(36)23-13-10-14-25(31)17-23/h7-18,21H,19-20H2,1-6H3,(H,32,36)/t21-/m0/s1. The van der Waals surface area contributed by atoms with E-state index < -0.39 is 11.7 Å². The van der Waals surface area contributed by atoms with Crippen molar-refractivity contribution in [3.63, 3.8) is 0 Å². The van der Waals surface area contributed by atoms with Gasteiger partial charge in [-0.15, -0.1) is 0 Å². The van der Waals surface area contributed by atoms with E-state index in [0.29, 0.717) is 18.7 Å². The Kier molecular flexibility index (Phi) is 8.51. The Bertz CT molecular complexity index is 1200. The number of amides is 2. The van der Waals surface area contributed by atoms with Crippen molar-refractivity contribution < 1.29 is 14.0 Å². The first-order valence-corrected chi connectivity index (χ1v) is 12.2. The lowest BCUT2D eigenvalue weighted by Crippen LogP contribution is -2.35. The SMILES string of the molecule is C[C@@H](c1ccccc1)N(Cc1cc(NC(=O)c2cccc(F)c2)ccc1N(C)C)C(=O)CC(C)(C)C. The number of hydrogen-bond donors (Lipinski definition) is 1. The zero-order chi connectivity index (χ0) is 26.5. The van der Waals surface area contributed by atoms with Crippen molar-refractivity contribution in [2.24, 2.45) is 5.41 Å². The number of hydrogen-bond acceptors (Lipinski definition) is 3. The average molecular weight is 490 g/mol. The van der Waals surface area contributed by atoms with Crippen LogP contribution in [0.3, 0.4) is 0 Å². The van der Waals surface area contributed by atoms with E-state index in [-0.39, 0.29) is 22.9 Å². The molecule has 0 aliphatic heterocycles. The summed E-state index contributed by atoms with van der Waals surface area (Å²) in [7, 11) is 3.90. The third-order valence-corrected chi connectivity index (χ3v) is 6.00. The van der Waals surface area contributed by atoms with E-state index in [1.54, 1.807) is 6.07 Å². The number of rotatable bonds is 8. The fraction of sp³-hybridized carbons (Fsp3) is 0.333. The molecule has 0 spiro atoms. The van der Waals surface area contributed by atoms with Crippen LogP contribution in [0.5, 0.6) is 0 Å². The van der Waals surface area contributed by atoms with Gasteiger partial charge in [0.05, 0.1) is 6.04 Å². The van der Waals surface area contributed by atoms with Crippen molar-refractivity contribution in [2.45, 2.75) is 46.7 Å². The van der Waals surface area contributed by atoms with Crippen molar-refractivity contribution in [1.82, 2.24) is 4.90 Å². The first kappa shape index (κ1) is 26.9. The maximum atomic E-state index is 13.6. The minimum absolute atomic E-state index is 0.0674. The molecule has 3 aromatic carbocycles. The van der Waals surface area contributed by atoms with E-state index in [4.69, 9.17) is 0 Å². The smallest absolute Gasteiger partial charge is 0.255 e. The Morgan fingerprint density at radius 3 is 2.25 bits per heavy atom. The zero-order valence-corrected chi connectivity index (χ0v) is 22.0. The fourth-order valence-electron chi connectivity index (χ4n) is 4.15. The van der Waals surface area contributed by atoms with E-state index in [0.717, 1.165) is 16.8 Å². The molecule has 2 amide bonds. The first-order chi connectivity index (χ1) is 16.9. The maximum absolute atomic E-state index is 13.6. The molecule has 5 nitrogen and oxygen atoms in total. The first-order valence-electron chi connectivity index (χ1n) is 12.2. The van der Waals surface area contributed by atoms with Crippen LogP contribution in [-0.2, 0) is 11.3 Å². The third kappa shape index (κ3) is 7.17. The van der Waals surface area contributed by atoms with Crippen molar-refractivity contribution in [3.8, 4) is 0 Å². The summed E-state index contributed by atoms with van der Waals surface area (Å²) in [4.78, 5) is 30.2. The number of nitrogens with one attached hydrogen (secondary N) is 1. The Morgan fingerprint density at radius 1 is 0.944 bits per heavy atom. The van der Waals surface area contributed by atoms with Crippen LogP contribution in [0.2, 0.25) is 0 Å². The molecule has 0 aromatic heterocycles. The van der Waals surface area contributed by atoms with Gasteiger partial charge in [-0.1, -0.05) is 57.2 Å². The van der Waals surface area contributed by atoms with Crippen LogP contribution in [0.25, 0.3) is 0 Å². The van der Waals surface area contributed by atoms with Crippen LogP contribution in [0.1, 0.15) is 61.6 Å². The second kappa shape index (κ2) is 11.4. The van der Waals surface area contributed by atoms with Crippen molar-refractivity contribution in [3.05, 3.63) is 95.3 Å². The summed E-state index contributed by atoms with van der Waals surface area (Å²) in [6, 6.07) is 21.1. The number of anilines is 2. The quantitative estimate of drug-likeness (QED) is 0.384. The molecule has 1 N–H and O–H groups in total. The predicted molar refractivity (Wildman–Crippen MR) is 145 cm³/mol. The second-order valence-corrected chi connectivity index (χ2v) is 10.5. The van der Waals surface area contributed by atoms with Gasteiger partial charge in [0.15, 0.2) is 0 Å². The number of carbonyl (C=O) groups is 2. The van der Waals surface area contributed by atoms with Crippen LogP contribution in [-0.4, -0.2) is 30.8 Å². The molecular weight excluding hydrogens is 453 g/mol. The predicted octanol–water partition coefficient (Wildman–Crippen LogP) is 6.67. The van der Waals surface area contributed by atoms with Gasteiger partial charge in [0.2, 0.25) is 5.91 Å². The molecule has 0 fully saturated rings. The lowest BCUT2D eigenvalue weighted by atomic mass is 9.91. The summed E-state index contributed by atoms with van der Waals surface area (Å²) in [6.07, 6.45) is 0.414. The van der Waals surface area contributed by atoms with Gasteiger partial charge < -0.3 is 15.1 Å². The van der Waals surface area contributed by atoms with E-state index in [1.807, 2.05) is 79.3 Å². The molecular formula is C30H36FN3O2. The summed E-state index contributed by atoms with van der Waals surface area (Å²) < 4.78 is 13.6.